The van der Waals surface area contributed by atoms with Gasteiger partial charge in [0.1, 0.15) is 4.90 Å². The lowest BCUT2D eigenvalue weighted by atomic mass is 10.4. The summed E-state index contributed by atoms with van der Waals surface area (Å²) >= 11 is 3.20. The number of nitrogens with zero attached hydrogens (tertiary/aromatic N) is 2. The number of nitrogen functional groups attached to an aromatic ring is 1. The average Bonchev–Trinajstić information content (AvgIpc) is 2.38. The number of hydrogen-bond acceptors (Lipinski definition) is 6. The zero-order valence-corrected chi connectivity index (χ0v) is 13.2. The van der Waals surface area contributed by atoms with Crippen molar-refractivity contribution in [2.75, 3.05) is 32.7 Å². The van der Waals surface area contributed by atoms with Crippen LogP contribution < -0.4 is 11.3 Å². The Hall–Kier alpha value is -0.740. The molecule has 0 aliphatic rings. The Morgan fingerprint density at radius 3 is 2.84 bits per heavy atom. The molecule has 0 fully saturated rings. The first kappa shape index (κ1) is 16.3. The fourth-order valence-electron chi connectivity index (χ4n) is 1.45. The molecule has 1 rings (SSSR count). The van der Waals surface area contributed by atoms with Gasteiger partial charge in [0.25, 0.3) is 0 Å². The van der Waals surface area contributed by atoms with E-state index in [1.165, 1.54) is 23.6 Å². The molecule has 3 N–H and O–H groups in total. The molecule has 0 saturated carbocycles. The minimum absolute atomic E-state index is 0.0318. The van der Waals surface area contributed by atoms with Gasteiger partial charge >= 0.3 is 0 Å². The SMILES string of the molecule is COCCCN(C)S(=O)(=O)c1cc(Br)cnc1NN. The van der Waals surface area contributed by atoms with Crippen molar-refractivity contribution in [3.05, 3.63) is 16.7 Å². The van der Waals surface area contributed by atoms with Crippen LogP contribution in [0.4, 0.5) is 5.82 Å². The standard InChI is InChI=1S/C10H17BrN4O3S/c1-15(4-3-5-18-2)19(16,17)9-6-8(11)7-13-10(9)14-12/h6-7H,3-5,12H2,1-2H3,(H,13,14). The summed E-state index contributed by atoms with van der Waals surface area (Å²) < 4.78 is 31.5. The second-order valence-electron chi connectivity index (χ2n) is 3.82. The van der Waals surface area contributed by atoms with Crippen molar-refractivity contribution in [2.24, 2.45) is 5.84 Å². The highest BCUT2D eigenvalue weighted by Crippen LogP contribution is 2.24. The number of aromatic nitrogens is 1. The van der Waals surface area contributed by atoms with E-state index in [1.807, 2.05) is 0 Å². The van der Waals surface area contributed by atoms with Gasteiger partial charge in [-0.3, -0.25) is 0 Å². The van der Waals surface area contributed by atoms with Gasteiger partial charge < -0.3 is 10.2 Å². The van der Waals surface area contributed by atoms with E-state index >= 15 is 0 Å². The van der Waals surface area contributed by atoms with E-state index in [2.05, 4.69) is 26.3 Å². The van der Waals surface area contributed by atoms with E-state index in [1.54, 1.807) is 7.11 Å². The lowest BCUT2D eigenvalue weighted by Crippen LogP contribution is -2.30. The number of anilines is 1. The van der Waals surface area contributed by atoms with Gasteiger partial charge in [-0.1, -0.05) is 0 Å². The molecule has 0 radical (unpaired) electrons. The molecule has 0 aliphatic carbocycles. The maximum Gasteiger partial charge on any atom is 0.246 e. The van der Waals surface area contributed by atoms with E-state index in [0.29, 0.717) is 24.0 Å². The summed E-state index contributed by atoms with van der Waals surface area (Å²) in [5.41, 5.74) is 2.29. The molecule has 0 unspecified atom stereocenters. The van der Waals surface area contributed by atoms with E-state index in [4.69, 9.17) is 10.6 Å². The van der Waals surface area contributed by atoms with Gasteiger partial charge in [0.2, 0.25) is 10.0 Å². The number of nitrogens with two attached hydrogens (primary N) is 1. The maximum atomic E-state index is 12.4. The van der Waals surface area contributed by atoms with Gasteiger partial charge in [0.15, 0.2) is 5.82 Å². The molecular weight excluding hydrogens is 336 g/mol. The first-order valence-electron chi connectivity index (χ1n) is 5.51. The second kappa shape index (κ2) is 7.15. The quantitative estimate of drug-likeness (QED) is 0.427. The summed E-state index contributed by atoms with van der Waals surface area (Å²) in [6, 6.07) is 1.46. The molecule has 0 atom stereocenters. The highest BCUT2D eigenvalue weighted by molar-refractivity contribution is 9.10. The number of ether oxygens (including phenoxy) is 1. The number of sulfonamides is 1. The topological polar surface area (TPSA) is 97.5 Å². The minimum Gasteiger partial charge on any atom is -0.385 e. The van der Waals surface area contributed by atoms with Crippen molar-refractivity contribution in [3.8, 4) is 0 Å². The average molecular weight is 353 g/mol. The summed E-state index contributed by atoms with van der Waals surface area (Å²) in [6.45, 7) is 0.852. The first-order chi connectivity index (χ1) is 8.93. The fourth-order valence-corrected chi connectivity index (χ4v) is 3.27. The zero-order valence-electron chi connectivity index (χ0n) is 10.8. The highest BCUT2D eigenvalue weighted by Gasteiger charge is 2.24. The molecule has 1 heterocycles. The van der Waals surface area contributed by atoms with Gasteiger partial charge in [-0.2, -0.15) is 0 Å². The molecule has 9 heteroatoms. The normalized spacial score (nSPS) is 11.8. The van der Waals surface area contributed by atoms with E-state index in [-0.39, 0.29) is 10.7 Å². The molecule has 1 aromatic heterocycles. The van der Waals surface area contributed by atoms with Crippen molar-refractivity contribution >= 4 is 31.8 Å². The number of halogens is 1. The third-order valence-electron chi connectivity index (χ3n) is 2.47. The predicted molar refractivity (Wildman–Crippen MR) is 76.1 cm³/mol. The van der Waals surface area contributed by atoms with Gasteiger partial charge in [0, 0.05) is 38.0 Å². The Balaban J connectivity index is 3.02. The minimum atomic E-state index is -3.64. The molecular formula is C10H17BrN4O3S. The van der Waals surface area contributed by atoms with Crippen LogP contribution >= 0.6 is 15.9 Å². The Kier molecular flexibility index (Phi) is 6.14. The summed E-state index contributed by atoms with van der Waals surface area (Å²) in [5, 5.41) is 0. The molecule has 0 aromatic carbocycles. The number of nitrogens with one attached hydrogen (secondary N) is 1. The summed E-state index contributed by atoms with van der Waals surface area (Å²) in [4.78, 5) is 3.96. The van der Waals surface area contributed by atoms with Crippen LogP contribution in [0, 0.1) is 0 Å². The summed E-state index contributed by atoms with van der Waals surface area (Å²) in [7, 11) is -0.563. The van der Waals surface area contributed by atoms with E-state index in [0.717, 1.165) is 0 Å². The van der Waals surface area contributed by atoms with Crippen LogP contribution in [0.15, 0.2) is 21.6 Å². The molecule has 1 aromatic rings. The zero-order chi connectivity index (χ0) is 14.5. The molecule has 0 amide bonds. The molecule has 0 aliphatic heterocycles. The largest absolute Gasteiger partial charge is 0.385 e. The molecule has 0 saturated heterocycles. The number of rotatable bonds is 7. The molecule has 7 nitrogen and oxygen atoms in total. The first-order valence-corrected chi connectivity index (χ1v) is 7.74. The van der Waals surface area contributed by atoms with E-state index in [9.17, 15) is 8.42 Å². The number of methoxy groups -OCH3 is 1. The molecule has 0 bridgehead atoms. The van der Waals surface area contributed by atoms with Crippen LogP contribution in [-0.2, 0) is 14.8 Å². The summed E-state index contributed by atoms with van der Waals surface area (Å²) in [5.74, 6) is 5.40. The van der Waals surface area contributed by atoms with Gasteiger partial charge in [0.05, 0.1) is 0 Å². The van der Waals surface area contributed by atoms with Crippen molar-refractivity contribution in [2.45, 2.75) is 11.3 Å². The van der Waals surface area contributed by atoms with Crippen LogP contribution in [0.3, 0.4) is 0 Å². The molecule has 108 valence electrons. The molecule has 19 heavy (non-hydrogen) atoms. The highest BCUT2D eigenvalue weighted by atomic mass is 79.9. The summed E-state index contributed by atoms with van der Waals surface area (Å²) in [6.07, 6.45) is 2.08. The van der Waals surface area contributed by atoms with Crippen LogP contribution in [-0.4, -0.2) is 45.0 Å². The van der Waals surface area contributed by atoms with Crippen molar-refractivity contribution in [3.63, 3.8) is 0 Å². The van der Waals surface area contributed by atoms with Gasteiger partial charge in [-0.05, 0) is 28.4 Å². The predicted octanol–water partition coefficient (Wildman–Crippen LogP) is 0.787. The second-order valence-corrected chi connectivity index (χ2v) is 6.75. The number of hydrazine groups is 1. The smallest absolute Gasteiger partial charge is 0.246 e. The molecule has 0 spiro atoms. The van der Waals surface area contributed by atoms with Gasteiger partial charge in [-0.15, -0.1) is 0 Å². The van der Waals surface area contributed by atoms with Crippen molar-refractivity contribution in [1.82, 2.24) is 9.29 Å². The Morgan fingerprint density at radius 1 is 1.58 bits per heavy atom. The Bertz CT molecular complexity index is 524. The monoisotopic (exact) mass is 352 g/mol. The van der Waals surface area contributed by atoms with Crippen LogP contribution in [0.1, 0.15) is 6.42 Å². The number of pyridine rings is 1. The van der Waals surface area contributed by atoms with E-state index < -0.39 is 10.0 Å². The number of hydrogen-bond donors (Lipinski definition) is 2. The van der Waals surface area contributed by atoms with Crippen LogP contribution in [0.2, 0.25) is 0 Å². The van der Waals surface area contributed by atoms with Crippen molar-refractivity contribution in [1.29, 1.82) is 0 Å². The Labute approximate surface area is 121 Å². The van der Waals surface area contributed by atoms with Gasteiger partial charge in [-0.25, -0.2) is 23.5 Å². The van der Waals surface area contributed by atoms with Crippen molar-refractivity contribution < 1.29 is 13.2 Å². The fraction of sp³-hybridized carbons (Fsp3) is 0.500. The third-order valence-corrected chi connectivity index (χ3v) is 4.77. The Morgan fingerprint density at radius 2 is 2.26 bits per heavy atom. The van der Waals surface area contributed by atoms with Crippen LogP contribution in [0.25, 0.3) is 0 Å². The lowest BCUT2D eigenvalue weighted by molar-refractivity contribution is 0.189. The third kappa shape index (κ3) is 4.11. The lowest BCUT2D eigenvalue weighted by Gasteiger charge is -2.18. The van der Waals surface area contributed by atoms with Crippen LogP contribution in [0.5, 0.6) is 0 Å². The maximum absolute atomic E-state index is 12.4.